The minimum Gasteiger partial charge on any atom is -0.490 e. The summed E-state index contributed by atoms with van der Waals surface area (Å²) < 4.78 is 19.0. The first-order valence-corrected chi connectivity index (χ1v) is 16.2. The van der Waals surface area contributed by atoms with Gasteiger partial charge in [0.05, 0.1) is 58.3 Å². The highest BCUT2D eigenvalue weighted by Crippen LogP contribution is 2.34. The molecule has 0 amide bonds. The summed E-state index contributed by atoms with van der Waals surface area (Å²) in [5, 5.41) is 16.6. The highest BCUT2D eigenvalue weighted by Gasteiger charge is 2.34. The van der Waals surface area contributed by atoms with E-state index >= 15 is 0 Å². The predicted octanol–water partition coefficient (Wildman–Crippen LogP) is 4.74. The molecule has 3 heterocycles. The number of hydrogen-bond acceptors (Lipinski definition) is 11. The molecule has 1 atom stereocenters. The average Bonchev–Trinajstić information content (AvgIpc) is 3.67. The Morgan fingerprint density at radius 2 is 1.74 bits per heavy atom. The van der Waals surface area contributed by atoms with Gasteiger partial charge in [-0.1, -0.05) is 41.7 Å². The highest BCUT2D eigenvalue weighted by atomic mass is 32.1. The number of aromatic nitrogens is 3. The minimum absolute atomic E-state index is 0.0953. The molecule has 0 bridgehead atoms. The normalized spacial score (nSPS) is 14.3. The second-order valence-electron chi connectivity index (χ2n) is 11.5. The first-order valence-electron chi connectivity index (χ1n) is 15.4. The first kappa shape index (κ1) is 33.7. The van der Waals surface area contributed by atoms with Crippen molar-refractivity contribution >= 4 is 35.0 Å². The number of esters is 2. The van der Waals surface area contributed by atoms with Gasteiger partial charge >= 0.3 is 17.6 Å². The molecule has 50 heavy (non-hydrogen) atoms. The van der Waals surface area contributed by atoms with E-state index in [1.54, 1.807) is 68.1 Å². The van der Waals surface area contributed by atoms with Crippen molar-refractivity contribution in [2.45, 2.75) is 32.9 Å². The van der Waals surface area contributed by atoms with E-state index in [-0.39, 0.29) is 21.5 Å². The summed E-state index contributed by atoms with van der Waals surface area (Å²) in [5.41, 5.74) is 2.82. The number of allylic oxidation sites excluding steroid dienone is 1. The van der Waals surface area contributed by atoms with Crippen molar-refractivity contribution in [2.75, 3.05) is 14.2 Å². The van der Waals surface area contributed by atoms with Crippen molar-refractivity contribution in [2.24, 2.45) is 4.99 Å². The highest BCUT2D eigenvalue weighted by molar-refractivity contribution is 7.07. The Balaban J connectivity index is 1.56. The standard InChI is InChI=1S/C36H31N5O8S/c1-20(2)49-35(44)30-21(3)37-36-40(32(30)22-11-13-23(14-12-22)34(43)48-5)33(42)29(50-36)18-25-19-39(26-9-7-6-8-10-26)38-31(25)24-15-16-28(47-4)27(17-24)41(45)46/h6-20,32H,1-5H3. The molecule has 0 aliphatic carbocycles. The Kier molecular flexibility index (Phi) is 9.29. The van der Waals surface area contributed by atoms with E-state index in [9.17, 15) is 24.5 Å². The quantitative estimate of drug-likeness (QED) is 0.121. The Hall–Kier alpha value is -6.15. The minimum atomic E-state index is -0.915. The predicted molar refractivity (Wildman–Crippen MR) is 185 cm³/mol. The molecule has 0 N–H and O–H groups in total. The van der Waals surface area contributed by atoms with Crippen LogP contribution in [0.5, 0.6) is 5.75 Å². The van der Waals surface area contributed by atoms with Crippen molar-refractivity contribution in [3.8, 4) is 22.7 Å². The van der Waals surface area contributed by atoms with Crippen LogP contribution in [-0.2, 0) is 14.3 Å². The van der Waals surface area contributed by atoms with Crippen molar-refractivity contribution in [1.29, 1.82) is 0 Å². The first-order chi connectivity index (χ1) is 24.0. The van der Waals surface area contributed by atoms with Gasteiger partial charge in [0.15, 0.2) is 10.6 Å². The van der Waals surface area contributed by atoms with Crippen molar-refractivity contribution in [3.05, 3.63) is 137 Å². The fourth-order valence-corrected chi connectivity index (χ4v) is 6.68. The van der Waals surface area contributed by atoms with Crippen LogP contribution in [0.4, 0.5) is 5.69 Å². The van der Waals surface area contributed by atoms with Gasteiger partial charge in [0.2, 0.25) is 0 Å². The second-order valence-corrected chi connectivity index (χ2v) is 12.5. The molecule has 0 saturated heterocycles. The number of carbonyl (C=O) groups is 2. The molecule has 6 rings (SSSR count). The molecule has 13 nitrogen and oxygen atoms in total. The van der Waals surface area contributed by atoms with E-state index in [1.165, 1.54) is 30.9 Å². The Morgan fingerprint density at radius 1 is 1.02 bits per heavy atom. The van der Waals surface area contributed by atoms with Crippen LogP contribution in [0.25, 0.3) is 23.0 Å². The largest absolute Gasteiger partial charge is 0.490 e. The molecular weight excluding hydrogens is 662 g/mol. The van der Waals surface area contributed by atoms with Crippen LogP contribution in [0, 0.1) is 10.1 Å². The average molecular weight is 694 g/mol. The van der Waals surface area contributed by atoms with Crippen LogP contribution in [-0.4, -0.2) is 51.5 Å². The zero-order valence-corrected chi connectivity index (χ0v) is 28.5. The number of para-hydroxylation sites is 1. The molecule has 14 heteroatoms. The molecule has 0 radical (unpaired) electrons. The zero-order valence-electron chi connectivity index (χ0n) is 27.6. The maximum Gasteiger partial charge on any atom is 0.338 e. The zero-order chi connectivity index (χ0) is 35.7. The summed E-state index contributed by atoms with van der Waals surface area (Å²) in [7, 11) is 2.64. The number of rotatable bonds is 9. The molecule has 1 aliphatic rings. The summed E-state index contributed by atoms with van der Waals surface area (Å²) in [6.07, 6.45) is 2.96. The number of benzene rings is 3. The molecule has 2 aromatic heterocycles. The van der Waals surface area contributed by atoms with Crippen LogP contribution in [0.2, 0.25) is 0 Å². The maximum absolute atomic E-state index is 14.4. The van der Waals surface area contributed by atoms with Crippen LogP contribution in [0.3, 0.4) is 0 Å². The van der Waals surface area contributed by atoms with E-state index in [2.05, 4.69) is 4.99 Å². The lowest BCUT2D eigenvalue weighted by atomic mass is 9.95. The Labute approximate surface area is 289 Å². The summed E-state index contributed by atoms with van der Waals surface area (Å²) in [5.74, 6) is -1.05. The smallest absolute Gasteiger partial charge is 0.338 e. The van der Waals surface area contributed by atoms with Crippen molar-refractivity contribution < 1.29 is 28.7 Å². The van der Waals surface area contributed by atoms with Gasteiger partial charge in [0.25, 0.3) is 5.56 Å². The van der Waals surface area contributed by atoms with E-state index in [0.29, 0.717) is 38.4 Å². The maximum atomic E-state index is 14.4. The van der Waals surface area contributed by atoms with E-state index in [4.69, 9.17) is 19.3 Å². The summed E-state index contributed by atoms with van der Waals surface area (Å²) >= 11 is 1.12. The third-order valence-electron chi connectivity index (χ3n) is 7.93. The fraction of sp³-hybridized carbons (Fsp3) is 0.194. The summed E-state index contributed by atoms with van der Waals surface area (Å²) in [6.45, 7) is 5.14. The third kappa shape index (κ3) is 6.35. The van der Waals surface area contributed by atoms with Crippen LogP contribution >= 0.6 is 11.3 Å². The molecule has 1 aliphatic heterocycles. The van der Waals surface area contributed by atoms with Gasteiger partial charge in [0, 0.05) is 23.4 Å². The van der Waals surface area contributed by atoms with E-state index in [0.717, 1.165) is 17.0 Å². The van der Waals surface area contributed by atoms with Gasteiger partial charge in [0.1, 0.15) is 5.69 Å². The van der Waals surface area contributed by atoms with Crippen LogP contribution in [0.1, 0.15) is 48.3 Å². The number of nitro groups is 1. The number of hydrogen-bond donors (Lipinski definition) is 0. The topological polar surface area (TPSA) is 157 Å². The van der Waals surface area contributed by atoms with Gasteiger partial charge in [-0.15, -0.1) is 0 Å². The van der Waals surface area contributed by atoms with Gasteiger partial charge < -0.3 is 14.2 Å². The molecule has 0 spiro atoms. The Morgan fingerprint density at radius 3 is 2.38 bits per heavy atom. The third-order valence-corrected chi connectivity index (χ3v) is 8.91. The van der Waals surface area contributed by atoms with Gasteiger partial charge in [-0.2, -0.15) is 5.10 Å². The van der Waals surface area contributed by atoms with Crippen LogP contribution < -0.4 is 19.6 Å². The molecule has 3 aromatic carbocycles. The van der Waals surface area contributed by atoms with Crippen molar-refractivity contribution in [1.82, 2.24) is 14.3 Å². The summed E-state index contributed by atoms with van der Waals surface area (Å²) in [4.78, 5) is 56.4. The lowest BCUT2D eigenvalue weighted by molar-refractivity contribution is -0.385. The number of nitrogens with zero attached hydrogens (tertiary/aromatic N) is 5. The number of carbonyl (C=O) groups excluding carboxylic acids is 2. The lowest BCUT2D eigenvalue weighted by Gasteiger charge is -2.25. The number of nitro benzene ring substituents is 1. The lowest BCUT2D eigenvalue weighted by Crippen LogP contribution is -2.40. The number of methoxy groups -OCH3 is 2. The van der Waals surface area contributed by atoms with Crippen LogP contribution in [0.15, 0.2) is 100 Å². The molecular formula is C36H31N5O8S. The molecule has 254 valence electrons. The SMILES string of the molecule is COC(=O)c1ccc(C2C(C(=O)OC(C)C)=C(C)N=c3sc(=Cc4cn(-c5ccccc5)nc4-c4ccc(OC)c([N+](=O)[O-])c4)c(=O)n32)cc1. The van der Waals surface area contributed by atoms with E-state index in [1.807, 2.05) is 30.3 Å². The number of fused-ring (bicyclic) bond motifs is 1. The van der Waals surface area contributed by atoms with Gasteiger partial charge in [-0.3, -0.25) is 19.5 Å². The Bertz CT molecular complexity index is 2360. The van der Waals surface area contributed by atoms with E-state index < -0.39 is 34.6 Å². The number of ether oxygens (including phenoxy) is 3. The molecule has 0 fully saturated rings. The van der Waals surface area contributed by atoms with Gasteiger partial charge in [-0.05, 0) is 68.8 Å². The fourth-order valence-electron chi connectivity index (χ4n) is 5.65. The van der Waals surface area contributed by atoms with Gasteiger partial charge in [-0.25, -0.2) is 19.3 Å². The molecule has 1 unspecified atom stereocenters. The molecule has 0 saturated carbocycles. The number of thiazole rings is 1. The summed E-state index contributed by atoms with van der Waals surface area (Å²) in [6, 6.07) is 19.4. The molecule has 5 aromatic rings. The second kappa shape index (κ2) is 13.8. The monoisotopic (exact) mass is 693 g/mol. The van der Waals surface area contributed by atoms with Crippen molar-refractivity contribution in [3.63, 3.8) is 0 Å².